The van der Waals surface area contributed by atoms with Crippen LogP contribution in [0.3, 0.4) is 0 Å². The van der Waals surface area contributed by atoms with Crippen LogP contribution in [0.1, 0.15) is 30.3 Å². The van der Waals surface area contributed by atoms with Gasteiger partial charge in [0.05, 0.1) is 22.7 Å². The molecule has 0 spiro atoms. The highest BCUT2D eigenvalue weighted by molar-refractivity contribution is 5.78. The summed E-state index contributed by atoms with van der Waals surface area (Å²) in [5, 5.41) is 8.89. The summed E-state index contributed by atoms with van der Waals surface area (Å²) >= 11 is 0. The second-order valence-electron chi connectivity index (χ2n) is 5.16. The lowest BCUT2D eigenvalue weighted by Crippen LogP contribution is -2.02. The molecule has 108 valence electrons. The second-order valence-corrected chi connectivity index (χ2v) is 5.16. The Morgan fingerprint density at radius 1 is 1.14 bits per heavy atom. The Hall–Kier alpha value is -2.86. The maximum atomic E-state index is 8.89. The number of fused-ring (bicyclic) bond motifs is 1. The van der Waals surface area contributed by atoms with Crippen LogP contribution >= 0.6 is 0 Å². The molecule has 1 aromatic heterocycles. The number of hydrogen-bond acceptors (Lipinski definition) is 2. The molecule has 0 fully saturated rings. The van der Waals surface area contributed by atoms with Gasteiger partial charge in [0.2, 0.25) is 0 Å². The first-order valence-corrected chi connectivity index (χ1v) is 7.42. The van der Waals surface area contributed by atoms with E-state index in [-0.39, 0.29) is 0 Å². The quantitative estimate of drug-likeness (QED) is 0.714. The second kappa shape index (κ2) is 6.28. The minimum absolute atomic E-state index is 0.686. The standard InChI is InChI=1S/C19H17N3/c1-2-3-8-19-21-17-6-4-5-7-18(17)22(19)14-16-11-9-15(13-20)10-12-16/h3-12H,2,14H2,1H3/b8-3+. The zero-order valence-corrected chi connectivity index (χ0v) is 12.5. The van der Waals surface area contributed by atoms with Crippen molar-refractivity contribution in [1.82, 2.24) is 9.55 Å². The first-order chi connectivity index (χ1) is 10.8. The van der Waals surface area contributed by atoms with Gasteiger partial charge in [-0.05, 0) is 42.3 Å². The number of nitrogens with zero attached hydrogens (tertiary/aromatic N) is 3. The summed E-state index contributed by atoms with van der Waals surface area (Å²) in [6.07, 6.45) is 5.18. The van der Waals surface area contributed by atoms with E-state index in [1.165, 1.54) is 0 Å². The Morgan fingerprint density at radius 3 is 2.64 bits per heavy atom. The lowest BCUT2D eigenvalue weighted by atomic mass is 10.1. The molecular formula is C19H17N3. The van der Waals surface area contributed by atoms with Gasteiger partial charge in [0.25, 0.3) is 0 Å². The molecule has 22 heavy (non-hydrogen) atoms. The highest BCUT2D eigenvalue weighted by Crippen LogP contribution is 2.19. The first-order valence-electron chi connectivity index (χ1n) is 7.42. The lowest BCUT2D eigenvalue weighted by Gasteiger charge is -2.07. The Balaban J connectivity index is 2.03. The van der Waals surface area contributed by atoms with E-state index in [0.717, 1.165) is 35.4 Å². The van der Waals surface area contributed by atoms with E-state index in [1.54, 1.807) is 0 Å². The van der Waals surface area contributed by atoms with Crippen LogP contribution in [-0.4, -0.2) is 9.55 Å². The summed E-state index contributed by atoms with van der Waals surface area (Å²) in [4.78, 5) is 4.70. The predicted octanol–water partition coefficient (Wildman–Crippen LogP) is 4.38. The van der Waals surface area contributed by atoms with Crippen molar-refractivity contribution in [2.24, 2.45) is 0 Å². The minimum atomic E-state index is 0.686. The molecule has 1 heterocycles. The number of imidazole rings is 1. The van der Waals surface area contributed by atoms with E-state index >= 15 is 0 Å². The molecule has 0 aliphatic heterocycles. The van der Waals surface area contributed by atoms with Gasteiger partial charge in [-0.2, -0.15) is 5.26 Å². The molecule has 0 saturated heterocycles. The molecule has 0 unspecified atom stereocenters. The molecule has 3 heteroatoms. The molecule has 3 rings (SSSR count). The van der Waals surface area contributed by atoms with Crippen LogP contribution in [0.15, 0.2) is 54.6 Å². The highest BCUT2D eigenvalue weighted by Gasteiger charge is 2.08. The molecule has 0 N–H and O–H groups in total. The molecule has 0 aliphatic carbocycles. The highest BCUT2D eigenvalue weighted by atomic mass is 15.1. The van der Waals surface area contributed by atoms with Crippen molar-refractivity contribution in [3.8, 4) is 6.07 Å². The fourth-order valence-electron chi connectivity index (χ4n) is 2.48. The van der Waals surface area contributed by atoms with Crippen LogP contribution in [0, 0.1) is 11.3 Å². The number of rotatable bonds is 4. The smallest absolute Gasteiger partial charge is 0.133 e. The van der Waals surface area contributed by atoms with Crippen LogP contribution in [0.2, 0.25) is 0 Å². The van der Waals surface area contributed by atoms with Gasteiger partial charge in [-0.25, -0.2) is 4.98 Å². The molecular weight excluding hydrogens is 270 g/mol. The van der Waals surface area contributed by atoms with Gasteiger partial charge < -0.3 is 4.57 Å². The van der Waals surface area contributed by atoms with Crippen molar-refractivity contribution in [3.63, 3.8) is 0 Å². The van der Waals surface area contributed by atoms with E-state index < -0.39 is 0 Å². The molecule has 3 aromatic rings. The Bertz CT molecular complexity index is 849. The van der Waals surface area contributed by atoms with Crippen molar-refractivity contribution < 1.29 is 0 Å². The number of para-hydroxylation sites is 2. The summed E-state index contributed by atoms with van der Waals surface area (Å²) in [7, 11) is 0. The monoisotopic (exact) mass is 287 g/mol. The maximum absolute atomic E-state index is 8.89. The molecule has 3 nitrogen and oxygen atoms in total. The third-order valence-corrected chi connectivity index (χ3v) is 3.61. The largest absolute Gasteiger partial charge is 0.320 e. The molecule has 2 aromatic carbocycles. The van der Waals surface area contributed by atoms with Crippen LogP contribution in [0.5, 0.6) is 0 Å². The van der Waals surface area contributed by atoms with Crippen molar-refractivity contribution in [1.29, 1.82) is 5.26 Å². The Labute approximate surface area is 130 Å². The van der Waals surface area contributed by atoms with E-state index in [0.29, 0.717) is 5.56 Å². The van der Waals surface area contributed by atoms with Gasteiger partial charge in [0.1, 0.15) is 5.82 Å². The summed E-state index contributed by atoms with van der Waals surface area (Å²) in [5.41, 5.74) is 3.98. The van der Waals surface area contributed by atoms with Gasteiger partial charge in [-0.3, -0.25) is 0 Å². The van der Waals surface area contributed by atoms with E-state index in [2.05, 4.69) is 35.8 Å². The number of aromatic nitrogens is 2. The first kappa shape index (κ1) is 14.1. The van der Waals surface area contributed by atoms with Gasteiger partial charge in [0, 0.05) is 6.54 Å². The fraction of sp³-hybridized carbons (Fsp3) is 0.158. The van der Waals surface area contributed by atoms with Crippen molar-refractivity contribution >= 4 is 17.1 Å². The Morgan fingerprint density at radius 2 is 1.91 bits per heavy atom. The SMILES string of the molecule is CC/C=C/c1nc2ccccc2n1Cc1ccc(C#N)cc1. The number of allylic oxidation sites excluding steroid dienone is 1. The van der Waals surface area contributed by atoms with Gasteiger partial charge in [0.15, 0.2) is 0 Å². The van der Waals surface area contributed by atoms with E-state index in [1.807, 2.05) is 42.5 Å². The van der Waals surface area contributed by atoms with Gasteiger partial charge in [-0.15, -0.1) is 0 Å². The van der Waals surface area contributed by atoms with Crippen LogP contribution in [-0.2, 0) is 6.54 Å². The average molecular weight is 287 g/mol. The van der Waals surface area contributed by atoms with Crippen molar-refractivity contribution in [2.45, 2.75) is 19.9 Å². The fourth-order valence-corrected chi connectivity index (χ4v) is 2.48. The van der Waals surface area contributed by atoms with Gasteiger partial charge >= 0.3 is 0 Å². The number of benzene rings is 2. The summed E-state index contributed by atoms with van der Waals surface area (Å²) in [6, 6.07) is 18.0. The van der Waals surface area contributed by atoms with E-state index in [9.17, 15) is 0 Å². The average Bonchev–Trinajstić information content (AvgIpc) is 2.91. The lowest BCUT2D eigenvalue weighted by molar-refractivity contribution is 0.813. The topological polar surface area (TPSA) is 41.6 Å². The van der Waals surface area contributed by atoms with Crippen LogP contribution in [0.4, 0.5) is 0 Å². The molecule has 0 bridgehead atoms. The third kappa shape index (κ3) is 2.77. The van der Waals surface area contributed by atoms with E-state index in [4.69, 9.17) is 10.2 Å². The normalized spacial score (nSPS) is 11.1. The van der Waals surface area contributed by atoms with Gasteiger partial charge in [-0.1, -0.05) is 37.3 Å². The van der Waals surface area contributed by atoms with Crippen LogP contribution < -0.4 is 0 Å². The summed E-state index contributed by atoms with van der Waals surface area (Å²) in [6.45, 7) is 2.86. The zero-order chi connectivity index (χ0) is 15.4. The van der Waals surface area contributed by atoms with Crippen LogP contribution in [0.25, 0.3) is 17.1 Å². The number of nitriles is 1. The zero-order valence-electron chi connectivity index (χ0n) is 12.5. The maximum Gasteiger partial charge on any atom is 0.133 e. The minimum Gasteiger partial charge on any atom is -0.320 e. The number of hydrogen-bond donors (Lipinski definition) is 0. The molecule has 0 radical (unpaired) electrons. The molecule has 0 saturated carbocycles. The van der Waals surface area contributed by atoms with Crippen molar-refractivity contribution in [3.05, 3.63) is 71.6 Å². The molecule has 0 aliphatic rings. The summed E-state index contributed by atoms with van der Waals surface area (Å²) < 4.78 is 2.21. The Kier molecular flexibility index (Phi) is 4.02. The van der Waals surface area contributed by atoms with Crippen molar-refractivity contribution in [2.75, 3.05) is 0 Å². The molecule has 0 atom stereocenters. The summed E-state index contributed by atoms with van der Waals surface area (Å²) in [5.74, 6) is 0.965. The predicted molar refractivity (Wildman–Crippen MR) is 89.3 cm³/mol. The molecule has 0 amide bonds. The third-order valence-electron chi connectivity index (χ3n) is 3.61.